The highest BCUT2D eigenvalue weighted by Crippen LogP contribution is 2.43. The number of anilines is 1. The number of aromatic nitrogens is 3. The van der Waals surface area contributed by atoms with Crippen molar-refractivity contribution < 1.29 is 13.2 Å². The third kappa shape index (κ3) is 2.59. The van der Waals surface area contributed by atoms with Crippen molar-refractivity contribution in [2.24, 2.45) is 0 Å². The lowest BCUT2D eigenvalue weighted by atomic mass is 10.1. The minimum Gasteiger partial charge on any atom is -0.357 e. The number of alkyl halides is 3. The van der Waals surface area contributed by atoms with Gasteiger partial charge < -0.3 is 5.32 Å². The lowest BCUT2D eigenvalue weighted by Crippen LogP contribution is -2.09. The number of hydrogen-bond donors (Lipinski definition) is 1. The number of aryl methyl sites for hydroxylation is 1. The molecule has 0 radical (unpaired) electrons. The van der Waals surface area contributed by atoms with Gasteiger partial charge in [0.05, 0.1) is 5.69 Å². The molecule has 1 aromatic carbocycles. The molecule has 0 atom stereocenters. The van der Waals surface area contributed by atoms with Gasteiger partial charge in [-0.25, -0.2) is 0 Å². The van der Waals surface area contributed by atoms with E-state index in [0.29, 0.717) is 11.6 Å². The predicted octanol–water partition coefficient (Wildman–Crippen LogP) is 3.51. The number of nitrogens with zero attached hydrogens (tertiary/aromatic N) is 3. The van der Waals surface area contributed by atoms with Crippen LogP contribution < -0.4 is 5.32 Å². The van der Waals surface area contributed by atoms with Gasteiger partial charge in [0.15, 0.2) is 0 Å². The Bertz CT molecular complexity index is 671. The maximum atomic E-state index is 12.8. The van der Waals surface area contributed by atoms with Gasteiger partial charge in [-0.1, -0.05) is 17.7 Å². The maximum absolute atomic E-state index is 12.8. The number of rotatable bonds is 3. The molecule has 7 heteroatoms. The van der Waals surface area contributed by atoms with Gasteiger partial charge in [0.2, 0.25) is 5.95 Å². The Morgan fingerprint density at radius 1 is 1.29 bits per heavy atom. The summed E-state index contributed by atoms with van der Waals surface area (Å²) in [6, 6.07) is 5.69. The average Bonchev–Trinajstić information content (AvgIpc) is 3.16. The first-order valence-corrected chi connectivity index (χ1v) is 6.73. The van der Waals surface area contributed by atoms with E-state index in [9.17, 15) is 13.2 Å². The minimum atomic E-state index is -4.55. The van der Waals surface area contributed by atoms with Crippen LogP contribution in [-0.4, -0.2) is 21.8 Å². The minimum absolute atomic E-state index is 0.0908. The fourth-order valence-corrected chi connectivity index (χ4v) is 2.35. The Labute approximate surface area is 120 Å². The van der Waals surface area contributed by atoms with Crippen LogP contribution in [0, 0.1) is 6.92 Å². The second-order valence-corrected chi connectivity index (χ2v) is 5.26. The van der Waals surface area contributed by atoms with E-state index in [1.807, 2.05) is 19.1 Å². The summed E-state index contributed by atoms with van der Waals surface area (Å²) in [6.07, 6.45) is -2.43. The average molecular weight is 296 g/mol. The van der Waals surface area contributed by atoms with Gasteiger partial charge in [-0.05, 0) is 37.3 Å². The molecule has 1 aliphatic rings. The fraction of sp³-hybridized carbons (Fsp3) is 0.429. The van der Waals surface area contributed by atoms with Gasteiger partial charge in [-0.3, -0.25) is 0 Å². The third-order valence-electron chi connectivity index (χ3n) is 3.51. The number of halogens is 3. The molecule has 0 saturated heterocycles. The van der Waals surface area contributed by atoms with E-state index >= 15 is 0 Å². The van der Waals surface area contributed by atoms with E-state index < -0.39 is 12.0 Å². The van der Waals surface area contributed by atoms with Gasteiger partial charge >= 0.3 is 6.18 Å². The van der Waals surface area contributed by atoms with Gasteiger partial charge in [0.1, 0.15) is 0 Å². The van der Waals surface area contributed by atoms with Crippen molar-refractivity contribution in [3.05, 3.63) is 35.2 Å². The highest BCUT2D eigenvalue weighted by Gasteiger charge is 2.38. The lowest BCUT2D eigenvalue weighted by Gasteiger charge is -2.11. The van der Waals surface area contributed by atoms with Gasteiger partial charge in [-0.15, -0.1) is 5.10 Å². The Morgan fingerprint density at radius 3 is 2.57 bits per heavy atom. The van der Waals surface area contributed by atoms with Crippen LogP contribution in [0.1, 0.15) is 35.7 Å². The highest BCUT2D eigenvalue weighted by molar-refractivity contribution is 5.50. The molecule has 0 spiro atoms. The molecule has 0 amide bonds. The SMILES string of the molecule is CNc1nc(C(F)(F)F)nn1-c1ccc(C)cc1C1CC1. The molecule has 0 unspecified atom stereocenters. The molecule has 4 nitrogen and oxygen atoms in total. The molecule has 1 aromatic heterocycles. The Hall–Kier alpha value is -2.05. The van der Waals surface area contributed by atoms with E-state index in [1.165, 1.54) is 11.7 Å². The van der Waals surface area contributed by atoms with Crippen LogP contribution in [0.4, 0.5) is 19.1 Å². The molecule has 112 valence electrons. The molecule has 3 rings (SSSR count). The summed E-state index contributed by atoms with van der Waals surface area (Å²) in [4.78, 5) is 3.54. The number of benzene rings is 1. The summed E-state index contributed by atoms with van der Waals surface area (Å²) < 4.78 is 39.7. The third-order valence-corrected chi connectivity index (χ3v) is 3.51. The van der Waals surface area contributed by atoms with Crippen molar-refractivity contribution >= 4 is 5.95 Å². The van der Waals surface area contributed by atoms with E-state index in [2.05, 4.69) is 15.4 Å². The fourth-order valence-electron chi connectivity index (χ4n) is 2.35. The zero-order chi connectivity index (χ0) is 15.2. The topological polar surface area (TPSA) is 42.7 Å². The summed E-state index contributed by atoms with van der Waals surface area (Å²) in [6.45, 7) is 1.97. The molecular formula is C14H15F3N4. The van der Waals surface area contributed by atoms with Crippen LogP contribution >= 0.6 is 0 Å². The Balaban J connectivity index is 2.14. The first kappa shape index (κ1) is 13.9. The summed E-state index contributed by atoms with van der Waals surface area (Å²) in [5, 5.41) is 6.32. The molecule has 1 heterocycles. The Kier molecular flexibility index (Phi) is 3.15. The van der Waals surface area contributed by atoms with E-state index in [0.717, 1.165) is 24.0 Å². The molecule has 0 bridgehead atoms. The van der Waals surface area contributed by atoms with Gasteiger partial charge in [-0.2, -0.15) is 22.8 Å². The highest BCUT2D eigenvalue weighted by atomic mass is 19.4. The van der Waals surface area contributed by atoms with Crippen molar-refractivity contribution in [2.45, 2.75) is 31.9 Å². The zero-order valence-electron chi connectivity index (χ0n) is 11.7. The molecule has 0 aliphatic heterocycles. The molecule has 1 saturated carbocycles. The smallest absolute Gasteiger partial charge is 0.357 e. The largest absolute Gasteiger partial charge is 0.453 e. The maximum Gasteiger partial charge on any atom is 0.453 e. The van der Waals surface area contributed by atoms with E-state index in [1.54, 1.807) is 6.07 Å². The van der Waals surface area contributed by atoms with Crippen LogP contribution in [0.3, 0.4) is 0 Å². The molecule has 1 N–H and O–H groups in total. The van der Waals surface area contributed by atoms with E-state index in [4.69, 9.17) is 0 Å². The van der Waals surface area contributed by atoms with Crippen molar-refractivity contribution in [3.63, 3.8) is 0 Å². The second-order valence-electron chi connectivity index (χ2n) is 5.26. The molecule has 1 fully saturated rings. The number of hydrogen-bond acceptors (Lipinski definition) is 3. The van der Waals surface area contributed by atoms with Crippen LogP contribution in [0.5, 0.6) is 0 Å². The molecular weight excluding hydrogens is 281 g/mol. The molecule has 21 heavy (non-hydrogen) atoms. The van der Waals surface area contributed by atoms with Crippen molar-refractivity contribution in [2.75, 3.05) is 12.4 Å². The second kappa shape index (κ2) is 4.75. The summed E-state index contributed by atoms with van der Waals surface area (Å²) in [5.41, 5.74) is 2.78. The lowest BCUT2D eigenvalue weighted by molar-refractivity contribution is -0.144. The van der Waals surface area contributed by atoms with E-state index in [-0.39, 0.29) is 5.95 Å². The summed E-state index contributed by atoms with van der Waals surface area (Å²) in [7, 11) is 1.53. The summed E-state index contributed by atoms with van der Waals surface area (Å²) >= 11 is 0. The van der Waals surface area contributed by atoms with Crippen LogP contribution in [-0.2, 0) is 6.18 Å². The first-order valence-electron chi connectivity index (χ1n) is 6.73. The van der Waals surface area contributed by atoms with Crippen molar-refractivity contribution in [3.8, 4) is 5.69 Å². The van der Waals surface area contributed by atoms with Gasteiger partial charge in [0, 0.05) is 7.05 Å². The molecule has 2 aromatic rings. The molecule has 1 aliphatic carbocycles. The van der Waals surface area contributed by atoms with Crippen LogP contribution in [0.2, 0.25) is 0 Å². The quantitative estimate of drug-likeness (QED) is 0.942. The van der Waals surface area contributed by atoms with Gasteiger partial charge in [0.25, 0.3) is 5.82 Å². The zero-order valence-corrected chi connectivity index (χ0v) is 11.7. The standard InChI is InChI=1S/C14H15F3N4/c1-8-3-6-11(10(7-8)9-4-5-9)21-13(18-2)19-12(20-21)14(15,16)17/h3,6-7,9H,4-5H2,1-2H3,(H,18,19,20). The van der Waals surface area contributed by atoms with Crippen molar-refractivity contribution in [1.29, 1.82) is 0 Å². The number of nitrogens with one attached hydrogen (secondary N) is 1. The van der Waals surface area contributed by atoms with Crippen molar-refractivity contribution in [1.82, 2.24) is 14.8 Å². The normalized spacial score (nSPS) is 15.3. The van der Waals surface area contributed by atoms with Crippen LogP contribution in [0.25, 0.3) is 5.69 Å². The Morgan fingerprint density at radius 2 is 2.00 bits per heavy atom. The monoisotopic (exact) mass is 296 g/mol. The van der Waals surface area contributed by atoms with Crippen LogP contribution in [0.15, 0.2) is 18.2 Å². The first-order chi connectivity index (χ1) is 9.90. The predicted molar refractivity (Wildman–Crippen MR) is 72.6 cm³/mol. The summed E-state index contributed by atoms with van der Waals surface area (Å²) in [5.74, 6) is -0.634.